The molecule has 0 bridgehead atoms. The van der Waals surface area contributed by atoms with Crippen molar-refractivity contribution in [2.24, 2.45) is 5.92 Å². The molecule has 2 unspecified atom stereocenters. The van der Waals surface area contributed by atoms with Gasteiger partial charge in [0.2, 0.25) is 0 Å². The highest BCUT2D eigenvalue weighted by atomic mass is 31.2. The van der Waals surface area contributed by atoms with E-state index in [1.807, 2.05) is 20.8 Å². The average Bonchev–Trinajstić information content (AvgIpc) is 3.06. The molecule has 1 aromatic rings. The zero-order valence-electron chi connectivity index (χ0n) is 17.9. The summed E-state index contributed by atoms with van der Waals surface area (Å²) < 4.78 is 52.1. The molecule has 3 rings (SSSR count). The summed E-state index contributed by atoms with van der Waals surface area (Å²) >= 11 is 0. The minimum atomic E-state index is -3.36. The normalized spacial score (nSPS) is 33.4. The van der Waals surface area contributed by atoms with E-state index in [9.17, 15) is 14.2 Å². The van der Waals surface area contributed by atoms with Gasteiger partial charge in [0.1, 0.15) is 12.7 Å². The van der Waals surface area contributed by atoms with E-state index in [4.69, 9.17) is 18.7 Å². The van der Waals surface area contributed by atoms with Crippen LogP contribution in [-0.4, -0.2) is 52.7 Å². The maximum atomic E-state index is 15.9. The van der Waals surface area contributed by atoms with Crippen LogP contribution in [0.1, 0.15) is 40.8 Å². The van der Waals surface area contributed by atoms with Gasteiger partial charge in [0.15, 0.2) is 18.1 Å². The Kier molecular flexibility index (Phi) is 6.18. The van der Waals surface area contributed by atoms with E-state index >= 15 is 4.39 Å². The summed E-state index contributed by atoms with van der Waals surface area (Å²) in [4.78, 5) is 25.7. The Hall–Kier alpha value is -1.36. The zero-order chi connectivity index (χ0) is 22.5. The lowest BCUT2D eigenvalue weighted by atomic mass is 10.1. The van der Waals surface area contributed by atoms with Gasteiger partial charge in [0, 0.05) is 25.0 Å². The summed E-state index contributed by atoms with van der Waals surface area (Å²) in [6.45, 7) is 9.64. The van der Waals surface area contributed by atoms with Gasteiger partial charge in [-0.05, 0) is 26.7 Å². The molecule has 2 aliphatic heterocycles. The summed E-state index contributed by atoms with van der Waals surface area (Å²) in [5, 5.41) is 2.88. The summed E-state index contributed by atoms with van der Waals surface area (Å²) in [7, 11) is -3.36. The van der Waals surface area contributed by atoms with Gasteiger partial charge in [0.25, 0.3) is 18.9 Å². The molecule has 2 aliphatic rings. The highest BCUT2D eigenvalue weighted by Gasteiger charge is 2.65. The number of aromatic nitrogens is 2. The molecule has 0 amide bonds. The lowest BCUT2D eigenvalue weighted by Gasteiger charge is -2.30. The van der Waals surface area contributed by atoms with E-state index in [1.165, 1.54) is 12.9 Å². The van der Waals surface area contributed by atoms with Crippen LogP contribution in [0.15, 0.2) is 21.9 Å². The lowest BCUT2D eigenvalue weighted by molar-refractivity contribution is -0.263. The van der Waals surface area contributed by atoms with Crippen LogP contribution in [0.2, 0.25) is 0 Å². The van der Waals surface area contributed by atoms with Crippen molar-refractivity contribution in [1.29, 1.82) is 0 Å². The van der Waals surface area contributed by atoms with Gasteiger partial charge >= 0.3 is 5.69 Å². The number of nitrogens with zero attached hydrogens (tertiary/aromatic N) is 1. The van der Waals surface area contributed by atoms with Crippen molar-refractivity contribution in [1.82, 2.24) is 14.6 Å². The molecule has 10 nitrogen and oxygen atoms in total. The third kappa shape index (κ3) is 4.76. The monoisotopic (exact) mass is 449 g/mol. The molecule has 0 aliphatic carbocycles. The highest BCUT2D eigenvalue weighted by Crippen LogP contribution is 2.50. The van der Waals surface area contributed by atoms with Gasteiger partial charge in [-0.15, -0.1) is 0 Å². The van der Waals surface area contributed by atoms with Crippen LogP contribution in [0.3, 0.4) is 0 Å². The smallest absolute Gasteiger partial charge is 0.330 e. The summed E-state index contributed by atoms with van der Waals surface area (Å²) in [6, 6.07) is 0.999. The maximum Gasteiger partial charge on any atom is 0.330 e. The van der Waals surface area contributed by atoms with Crippen molar-refractivity contribution in [2.75, 3.05) is 13.3 Å². The zero-order valence-corrected chi connectivity index (χ0v) is 18.8. The van der Waals surface area contributed by atoms with Gasteiger partial charge < -0.3 is 18.7 Å². The first-order chi connectivity index (χ1) is 13.7. The van der Waals surface area contributed by atoms with E-state index in [-0.39, 0.29) is 12.0 Å². The lowest BCUT2D eigenvalue weighted by Crippen LogP contribution is -2.43. The fourth-order valence-corrected chi connectivity index (χ4v) is 4.93. The topological polar surface area (TPSA) is 121 Å². The quantitative estimate of drug-likeness (QED) is 0.604. The molecule has 3 heterocycles. The largest absolute Gasteiger partial charge is 0.340 e. The van der Waals surface area contributed by atoms with Crippen LogP contribution < -0.4 is 16.3 Å². The number of rotatable bonds is 7. The van der Waals surface area contributed by atoms with E-state index in [1.54, 1.807) is 13.8 Å². The van der Waals surface area contributed by atoms with Crippen molar-refractivity contribution in [3.63, 3.8) is 0 Å². The van der Waals surface area contributed by atoms with Crippen molar-refractivity contribution in [3.05, 3.63) is 33.1 Å². The predicted molar refractivity (Wildman–Crippen MR) is 106 cm³/mol. The maximum absolute atomic E-state index is 15.9. The Morgan fingerprint density at radius 2 is 1.97 bits per heavy atom. The van der Waals surface area contributed by atoms with Crippen LogP contribution in [0.25, 0.3) is 0 Å². The standard InChI is InChI=1S/C18H29FN3O7P/c1-10(2)11(3)21-30(6,25)26-9-18(19)14-13(27-17(4,5)28-14)15(29-18)22-8-7-12(23)20-16(22)24/h7-8,10-11,13-15H,9H2,1-6H3,(H,21,25)(H,20,23,24)/t11-,13-,14?,15+,18+,30?/m0/s1. The Balaban J connectivity index is 1.84. The fraction of sp³-hybridized carbons (Fsp3) is 0.778. The second-order valence-electron chi connectivity index (χ2n) is 8.61. The number of fused-ring (bicyclic) bond motifs is 1. The summed E-state index contributed by atoms with van der Waals surface area (Å²) in [5.74, 6) is -3.48. The number of halogens is 1. The number of aromatic amines is 1. The van der Waals surface area contributed by atoms with E-state index in [0.29, 0.717) is 0 Å². The number of nitrogens with one attached hydrogen (secondary N) is 2. The van der Waals surface area contributed by atoms with Crippen LogP contribution in [0, 0.1) is 5.92 Å². The Morgan fingerprint density at radius 1 is 1.30 bits per heavy atom. The number of ether oxygens (including phenoxy) is 3. The van der Waals surface area contributed by atoms with Gasteiger partial charge in [-0.1, -0.05) is 13.8 Å². The first-order valence-electron chi connectivity index (χ1n) is 9.77. The van der Waals surface area contributed by atoms with Crippen LogP contribution in [0.4, 0.5) is 4.39 Å². The minimum absolute atomic E-state index is 0.119. The molecule has 30 heavy (non-hydrogen) atoms. The molecular formula is C18H29FN3O7P. The van der Waals surface area contributed by atoms with Crippen molar-refractivity contribution >= 4 is 7.52 Å². The number of hydrogen-bond donors (Lipinski definition) is 2. The number of hydrogen-bond acceptors (Lipinski definition) is 7. The van der Waals surface area contributed by atoms with Gasteiger partial charge in [-0.3, -0.25) is 18.9 Å². The van der Waals surface area contributed by atoms with Gasteiger partial charge in [0.05, 0.1) is 0 Å². The molecule has 0 saturated carbocycles. The Bertz CT molecular complexity index is 948. The molecular weight excluding hydrogens is 420 g/mol. The van der Waals surface area contributed by atoms with Crippen molar-refractivity contribution in [3.8, 4) is 0 Å². The first-order valence-corrected chi connectivity index (χ1v) is 11.8. The predicted octanol–water partition coefficient (Wildman–Crippen LogP) is 1.72. The minimum Gasteiger partial charge on any atom is -0.340 e. The molecule has 12 heteroatoms. The van der Waals surface area contributed by atoms with E-state index < -0.39 is 55.5 Å². The molecule has 0 spiro atoms. The summed E-state index contributed by atoms with van der Waals surface area (Å²) in [5.41, 5.74) is -1.37. The van der Waals surface area contributed by atoms with Gasteiger partial charge in [-0.2, -0.15) is 0 Å². The molecule has 170 valence electrons. The molecule has 2 N–H and O–H groups in total. The second-order valence-corrected chi connectivity index (χ2v) is 10.8. The number of alkyl halides is 1. The van der Waals surface area contributed by atoms with E-state index in [0.717, 1.165) is 10.6 Å². The van der Waals surface area contributed by atoms with Gasteiger partial charge in [-0.25, -0.2) is 14.3 Å². The molecule has 0 radical (unpaired) electrons. The molecule has 2 fully saturated rings. The van der Waals surface area contributed by atoms with Crippen LogP contribution in [-0.2, 0) is 23.3 Å². The molecule has 0 aromatic carbocycles. The number of H-pyrrole nitrogens is 1. The fourth-order valence-electron chi connectivity index (χ4n) is 3.39. The Morgan fingerprint density at radius 3 is 2.57 bits per heavy atom. The Labute approximate surface area is 173 Å². The average molecular weight is 449 g/mol. The molecule has 2 saturated heterocycles. The molecule has 1 aromatic heterocycles. The van der Waals surface area contributed by atoms with Crippen LogP contribution >= 0.6 is 7.52 Å². The van der Waals surface area contributed by atoms with Crippen LogP contribution in [0.5, 0.6) is 0 Å². The van der Waals surface area contributed by atoms with Crippen molar-refractivity contribution < 1.29 is 27.7 Å². The third-order valence-corrected chi connectivity index (χ3v) is 6.72. The van der Waals surface area contributed by atoms with Crippen molar-refractivity contribution in [2.45, 2.75) is 70.7 Å². The third-order valence-electron chi connectivity index (χ3n) is 5.22. The molecule has 6 atom stereocenters. The first kappa shape index (κ1) is 23.3. The second kappa shape index (κ2) is 7.96. The highest BCUT2D eigenvalue weighted by molar-refractivity contribution is 7.56. The van der Waals surface area contributed by atoms with E-state index in [2.05, 4.69) is 10.1 Å². The SMILES string of the molecule is CC(C)[C@H](C)NP(C)(=O)OC[C@@]1(F)O[C@@H](n2ccc(=O)[nH]c2=O)[C@H]2OC(C)(C)OC21. The summed E-state index contributed by atoms with van der Waals surface area (Å²) in [6.07, 6.45) is -2.25.